The van der Waals surface area contributed by atoms with Crippen molar-refractivity contribution in [1.82, 2.24) is 4.72 Å². The van der Waals surface area contributed by atoms with Crippen molar-refractivity contribution < 1.29 is 34.4 Å². The monoisotopic (exact) mass is 460 g/mol. The van der Waals surface area contributed by atoms with Crippen LogP contribution in [0.25, 0.3) is 0 Å². The predicted molar refractivity (Wildman–Crippen MR) is 101 cm³/mol. The number of halogens is 3. The molecule has 1 aromatic heterocycles. The molecule has 1 heterocycles. The summed E-state index contributed by atoms with van der Waals surface area (Å²) in [6.45, 7) is -0.116. The highest BCUT2D eigenvalue weighted by atomic mass is 32.2. The Bertz CT molecular complexity index is 1240. The number of hydrogen-bond donors (Lipinski definition) is 2. The maximum atomic E-state index is 12.8. The van der Waals surface area contributed by atoms with Crippen LogP contribution in [0.2, 0.25) is 0 Å². The number of anilines is 1. The molecular formula is C18H15F3N2O5S2. The zero-order valence-electron chi connectivity index (χ0n) is 15.0. The molecule has 0 fully saturated rings. The summed E-state index contributed by atoms with van der Waals surface area (Å²) in [6.07, 6.45) is -3.33. The Hall–Kier alpha value is -2.83. The lowest BCUT2D eigenvalue weighted by molar-refractivity contribution is -0.137. The van der Waals surface area contributed by atoms with Crippen molar-refractivity contribution in [1.29, 1.82) is 0 Å². The van der Waals surface area contributed by atoms with Gasteiger partial charge in [0.2, 0.25) is 10.0 Å². The highest BCUT2D eigenvalue weighted by Gasteiger charge is 2.31. The third-order valence-electron chi connectivity index (χ3n) is 3.88. The minimum atomic E-state index is -4.71. The van der Waals surface area contributed by atoms with Crippen molar-refractivity contribution in [3.8, 4) is 0 Å². The molecule has 2 aromatic carbocycles. The quantitative estimate of drug-likeness (QED) is 0.561. The van der Waals surface area contributed by atoms with E-state index >= 15 is 0 Å². The van der Waals surface area contributed by atoms with Gasteiger partial charge in [-0.1, -0.05) is 12.1 Å². The lowest BCUT2D eigenvalue weighted by Gasteiger charge is -2.12. The number of sulfonamides is 2. The van der Waals surface area contributed by atoms with Gasteiger partial charge in [0.05, 0.1) is 33.8 Å². The first kappa shape index (κ1) is 21.9. The van der Waals surface area contributed by atoms with Crippen LogP contribution in [0.15, 0.2) is 81.1 Å². The number of alkyl halides is 3. The molecule has 0 bridgehead atoms. The van der Waals surface area contributed by atoms with E-state index in [0.717, 1.165) is 24.3 Å². The summed E-state index contributed by atoms with van der Waals surface area (Å²) in [5.74, 6) is 0.375. The molecule has 0 spiro atoms. The van der Waals surface area contributed by atoms with Crippen LogP contribution in [0.5, 0.6) is 0 Å². The lowest BCUT2D eigenvalue weighted by Crippen LogP contribution is -2.23. The zero-order valence-corrected chi connectivity index (χ0v) is 16.7. The molecule has 0 atom stereocenters. The molecule has 3 rings (SSSR count). The SMILES string of the molecule is O=S(=O)(NCc1ccco1)c1cccc(NS(=O)(=O)c2cccc(C(F)(F)F)c2)c1. The van der Waals surface area contributed by atoms with Gasteiger partial charge in [0.15, 0.2) is 0 Å². The number of nitrogens with one attached hydrogen (secondary N) is 2. The van der Waals surface area contributed by atoms with E-state index in [9.17, 15) is 30.0 Å². The molecule has 0 saturated carbocycles. The summed E-state index contributed by atoms with van der Waals surface area (Å²) in [7, 11) is -8.39. The van der Waals surface area contributed by atoms with Crippen LogP contribution >= 0.6 is 0 Å². The molecule has 2 N–H and O–H groups in total. The van der Waals surface area contributed by atoms with Crippen LogP contribution in [0, 0.1) is 0 Å². The second-order valence-corrected chi connectivity index (χ2v) is 9.51. The van der Waals surface area contributed by atoms with E-state index < -0.39 is 36.7 Å². The fourth-order valence-electron chi connectivity index (χ4n) is 2.44. The van der Waals surface area contributed by atoms with E-state index in [4.69, 9.17) is 4.42 Å². The van der Waals surface area contributed by atoms with Gasteiger partial charge in [-0.05, 0) is 48.5 Å². The maximum Gasteiger partial charge on any atom is 0.416 e. The smallest absolute Gasteiger partial charge is 0.416 e. The maximum absolute atomic E-state index is 12.8. The summed E-state index contributed by atoms with van der Waals surface area (Å²) in [5, 5.41) is 0. The minimum absolute atomic E-state index is 0.116. The normalized spacial score (nSPS) is 12.6. The number of furan rings is 1. The third-order valence-corrected chi connectivity index (χ3v) is 6.66. The van der Waals surface area contributed by atoms with E-state index in [2.05, 4.69) is 9.44 Å². The Morgan fingerprint density at radius 2 is 1.50 bits per heavy atom. The third kappa shape index (κ3) is 5.20. The van der Waals surface area contributed by atoms with Crippen LogP contribution in [0.1, 0.15) is 11.3 Å². The van der Waals surface area contributed by atoms with Crippen molar-refractivity contribution in [3.05, 3.63) is 78.3 Å². The first-order valence-corrected chi connectivity index (χ1v) is 11.3. The molecule has 0 saturated heterocycles. The fraction of sp³-hybridized carbons (Fsp3) is 0.111. The molecule has 3 aromatic rings. The van der Waals surface area contributed by atoms with E-state index in [1.807, 2.05) is 0 Å². The summed E-state index contributed by atoms with van der Waals surface area (Å²) < 4.78 is 97.7. The molecule has 0 aliphatic rings. The van der Waals surface area contributed by atoms with Gasteiger partial charge in [0.25, 0.3) is 10.0 Å². The second-order valence-electron chi connectivity index (χ2n) is 6.06. The summed E-state index contributed by atoms with van der Waals surface area (Å²) in [6, 6.07) is 11.2. The largest absolute Gasteiger partial charge is 0.468 e. The first-order chi connectivity index (χ1) is 14.0. The molecule has 0 amide bonds. The van der Waals surface area contributed by atoms with E-state index in [-0.39, 0.29) is 17.1 Å². The second kappa shape index (κ2) is 8.13. The Kier molecular flexibility index (Phi) is 5.92. The number of rotatable bonds is 7. The van der Waals surface area contributed by atoms with E-state index in [1.54, 1.807) is 12.1 Å². The highest BCUT2D eigenvalue weighted by Crippen LogP contribution is 2.31. The summed E-state index contributed by atoms with van der Waals surface area (Å²) in [5.41, 5.74) is -1.25. The van der Waals surface area contributed by atoms with Gasteiger partial charge in [-0.15, -0.1) is 0 Å². The Labute approximate surface area is 170 Å². The minimum Gasteiger partial charge on any atom is -0.468 e. The van der Waals surface area contributed by atoms with Crippen molar-refractivity contribution >= 4 is 25.7 Å². The van der Waals surface area contributed by atoms with Crippen LogP contribution in [-0.2, 0) is 32.8 Å². The Morgan fingerprint density at radius 1 is 0.833 bits per heavy atom. The van der Waals surface area contributed by atoms with E-state index in [1.165, 1.54) is 24.5 Å². The van der Waals surface area contributed by atoms with Crippen LogP contribution in [0.3, 0.4) is 0 Å². The molecule has 0 unspecified atom stereocenters. The fourth-order valence-corrected chi connectivity index (χ4v) is 4.58. The molecule has 0 aliphatic carbocycles. The number of hydrogen-bond acceptors (Lipinski definition) is 5. The van der Waals surface area contributed by atoms with Gasteiger partial charge in [-0.25, -0.2) is 21.6 Å². The number of benzene rings is 2. The summed E-state index contributed by atoms with van der Waals surface area (Å²) in [4.78, 5) is -0.847. The average molecular weight is 460 g/mol. The standard InChI is InChI=1S/C18H15F3N2O5S2/c19-18(20,21)13-4-1-7-16(10-13)30(26,27)23-14-5-2-8-17(11-14)29(24,25)22-12-15-6-3-9-28-15/h1-11,22-23H,12H2. The van der Waals surface area contributed by atoms with Crippen molar-refractivity contribution in [2.24, 2.45) is 0 Å². The molecule has 12 heteroatoms. The Balaban J connectivity index is 1.82. The van der Waals surface area contributed by atoms with Crippen LogP contribution in [-0.4, -0.2) is 16.8 Å². The molecule has 30 heavy (non-hydrogen) atoms. The highest BCUT2D eigenvalue weighted by molar-refractivity contribution is 7.92. The molecule has 0 aliphatic heterocycles. The molecule has 160 valence electrons. The average Bonchev–Trinajstić information content (AvgIpc) is 3.20. The zero-order chi connectivity index (χ0) is 22.0. The van der Waals surface area contributed by atoms with Crippen LogP contribution in [0.4, 0.5) is 18.9 Å². The van der Waals surface area contributed by atoms with Crippen molar-refractivity contribution in [2.75, 3.05) is 4.72 Å². The van der Waals surface area contributed by atoms with Gasteiger partial charge in [0, 0.05) is 0 Å². The van der Waals surface area contributed by atoms with Gasteiger partial charge in [-0.3, -0.25) is 4.72 Å². The van der Waals surface area contributed by atoms with Gasteiger partial charge < -0.3 is 4.42 Å². The molecule has 7 nitrogen and oxygen atoms in total. The summed E-state index contributed by atoms with van der Waals surface area (Å²) >= 11 is 0. The van der Waals surface area contributed by atoms with Crippen molar-refractivity contribution in [3.63, 3.8) is 0 Å². The van der Waals surface area contributed by atoms with Crippen molar-refractivity contribution in [2.45, 2.75) is 22.5 Å². The first-order valence-electron chi connectivity index (χ1n) is 8.30. The molecule has 0 radical (unpaired) electrons. The van der Waals surface area contributed by atoms with E-state index in [0.29, 0.717) is 11.8 Å². The van der Waals surface area contributed by atoms with Gasteiger partial charge in [-0.2, -0.15) is 13.2 Å². The molecular weight excluding hydrogens is 445 g/mol. The van der Waals surface area contributed by atoms with Crippen LogP contribution < -0.4 is 9.44 Å². The Morgan fingerprint density at radius 3 is 2.13 bits per heavy atom. The van der Waals surface area contributed by atoms with Gasteiger partial charge >= 0.3 is 6.18 Å². The lowest BCUT2D eigenvalue weighted by atomic mass is 10.2. The van der Waals surface area contributed by atoms with Gasteiger partial charge in [0.1, 0.15) is 5.76 Å². The predicted octanol–water partition coefficient (Wildman–Crippen LogP) is 3.58. The topological polar surface area (TPSA) is 105 Å².